The van der Waals surface area contributed by atoms with Crippen LogP contribution in [0.2, 0.25) is 0 Å². The molecule has 0 aliphatic heterocycles. The topological polar surface area (TPSA) is 57.2 Å². The molecule has 3 nitrogen and oxygen atoms in total. The van der Waals surface area contributed by atoms with Gasteiger partial charge in [-0.2, -0.15) is 5.26 Å². The first-order chi connectivity index (χ1) is 4.36. The number of hydrogen-bond acceptors (Lipinski definition) is 3. The Morgan fingerprint density at radius 1 is 1.67 bits per heavy atom. The van der Waals surface area contributed by atoms with E-state index in [2.05, 4.69) is 0 Å². The van der Waals surface area contributed by atoms with Gasteiger partial charge in [-0.1, -0.05) is 0 Å². The lowest BCUT2D eigenvalue weighted by molar-refractivity contribution is 0.246. The van der Waals surface area contributed by atoms with Crippen molar-refractivity contribution in [3.63, 3.8) is 0 Å². The van der Waals surface area contributed by atoms with E-state index in [4.69, 9.17) is 14.8 Å². The number of aliphatic hydroxyl groups excluding tert-OH is 1. The maximum absolute atomic E-state index is 8.44. The molecule has 9 heavy (non-hydrogen) atoms. The summed E-state index contributed by atoms with van der Waals surface area (Å²) in [6, 6.07) is 4.89. The van der Waals surface area contributed by atoms with E-state index in [9.17, 15) is 0 Å². The molecule has 0 fully saturated rings. The van der Waals surface area contributed by atoms with E-state index in [0.29, 0.717) is 5.76 Å². The van der Waals surface area contributed by atoms with Gasteiger partial charge in [0.05, 0.1) is 0 Å². The Kier molecular flexibility index (Phi) is 1.52. The molecule has 0 unspecified atom stereocenters. The second-order valence-corrected chi connectivity index (χ2v) is 1.54. The predicted octanol–water partition coefficient (Wildman–Crippen LogP) is 0.644. The summed E-state index contributed by atoms with van der Waals surface area (Å²) in [4.78, 5) is 0. The van der Waals surface area contributed by atoms with Crippen molar-refractivity contribution in [1.29, 1.82) is 5.26 Å². The van der Waals surface area contributed by atoms with Crippen LogP contribution < -0.4 is 0 Å². The molecule has 3 heteroatoms. The van der Waals surface area contributed by atoms with Crippen LogP contribution in [0.1, 0.15) is 11.5 Å². The Labute approximate surface area is 52.1 Å². The van der Waals surface area contributed by atoms with Crippen LogP contribution in [0.3, 0.4) is 0 Å². The van der Waals surface area contributed by atoms with Crippen LogP contribution in [0.5, 0.6) is 0 Å². The lowest BCUT2D eigenvalue weighted by Gasteiger charge is -1.81. The molecule has 0 aliphatic carbocycles. The highest BCUT2D eigenvalue weighted by molar-refractivity contribution is 5.18. The van der Waals surface area contributed by atoms with Crippen molar-refractivity contribution < 1.29 is 9.52 Å². The third-order valence-corrected chi connectivity index (χ3v) is 0.928. The molecule has 0 radical (unpaired) electrons. The summed E-state index contributed by atoms with van der Waals surface area (Å²) in [5.41, 5.74) is 0. The van der Waals surface area contributed by atoms with Gasteiger partial charge in [-0.15, -0.1) is 0 Å². The van der Waals surface area contributed by atoms with E-state index in [1.54, 1.807) is 12.1 Å². The fourth-order valence-electron chi connectivity index (χ4n) is 0.523. The van der Waals surface area contributed by atoms with E-state index < -0.39 is 0 Å². The molecule has 0 saturated carbocycles. The summed E-state index contributed by atoms with van der Waals surface area (Å²) in [5, 5.41) is 16.7. The molecular formula is C6H5NO2. The van der Waals surface area contributed by atoms with E-state index in [0.717, 1.165) is 0 Å². The highest BCUT2D eigenvalue weighted by atomic mass is 16.4. The van der Waals surface area contributed by atoms with Crippen LogP contribution in [0, 0.1) is 11.3 Å². The lowest BCUT2D eigenvalue weighted by atomic mass is 10.4. The smallest absolute Gasteiger partial charge is 0.203 e. The van der Waals surface area contributed by atoms with Crippen molar-refractivity contribution in [2.24, 2.45) is 0 Å². The molecule has 46 valence electrons. The summed E-state index contributed by atoms with van der Waals surface area (Å²) in [5.74, 6) is 0.658. The summed E-state index contributed by atoms with van der Waals surface area (Å²) in [6.07, 6.45) is 0. The predicted molar refractivity (Wildman–Crippen MR) is 29.3 cm³/mol. The largest absolute Gasteiger partial charge is 0.448 e. The molecule has 0 atom stereocenters. The van der Waals surface area contributed by atoms with E-state index in [1.165, 1.54) is 6.07 Å². The first-order valence-electron chi connectivity index (χ1n) is 2.46. The molecule has 1 heterocycles. The Balaban J connectivity index is 2.90. The fraction of sp³-hybridized carbons (Fsp3) is 0.167. The SMILES string of the molecule is N#Cc1ccc(CO)o1. The quantitative estimate of drug-likeness (QED) is 0.596. The number of nitrogens with zero attached hydrogens (tertiary/aromatic N) is 1. The number of nitriles is 1. The van der Waals surface area contributed by atoms with Gasteiger partial charge in [0.1, 0.15) is 18.4 Å². The van der Waals surface area contributed by atoms with Crippen LogP contribution in [0.4, 0.5) is 0 Å². The second-order valence-electron chi connectivity index (χ2n) is 1.54. The van der Waals surface area contributed by atoms with Gasteiger partial charge in [-0.05, 0) is 12.1 Å². The average molecular weight is 123 g/mol. The second kappa shape index (κ2) is 2.33. The Bertz CT molecular complexity index is 233. The monoisotopic (exact) mass is 123 g/mol. The van der Waals surface area contributed by atoms with Crippen LogP contribution in [-0.4, -0.2) is 5.11 Å². The molecule has 1 N–H and O–H groups in total. The van der Waals surface area contributed by atoms with E-state index in [1.807, 2.05) is 0 Å². The number of rotatable bonds is 1. The van der Waals surface area contributed by atoms with Crippen LogP contribution in [0.15, 0.2) is 16.5 Å². The minimum absolute atomic E-state index is 0.151. The highest BCUT2D eigenvalue weighted by Crippen LogP contribution is 2.04. The number of aliphatic hydroxyl groups is 1. The molecule has 0 bridgehead atoms. The van der Waals surface area contributed by atoms with Gasteiger partial charge >= 0.3 is 0 Å². The first-order valence-corrected chi connectivity index (χ1v) is 2.46. The average Bonchev–Trinajstić information content (AvgIpc) is 2.34. The summed E-state index contributed by atoms with van der Waals surface area (Å²) in [6.45, 7) is -0.151. The number of furan rings is 1. The third-order valence-electron chi connectivity index (χ3n) is 0.928. The van der Waals surface area contributed by atoms with Crippen molar-refractivity contribution >= 4 is 0 Å². The van der Waals surface area contributed by atoms with Gasteiger partial charge in [0.15, 0.2) is 0 Å². The van der Waals surface area contributed by atoms with Gasteiger partial charge in [0.25, 0.3) is 0 Å². The highest BCUT2D eigenvalue weighted by Gasteiger charge is 1.96. The molecule has 1 rings (SSSR count). The first kappa shape index (κ1) is 5.86. The van der Waals surface area contributed by atoms with E-state index in [-0.39, 0.29) is 12.4 Å². The Morgan fingerprint density at radius 3 is 2.78 bits per heavy atom. The zero-order valence-electron chi connectivity index (χ0n) is 4.66. The summed E-state index contributed by atoms with van der Waals surface area (Å²) >= 11 is 0. The Morgan fingerprint density at radius 2 is 2.44 bits per heavy atom. The minimum atomic E-state index is -0.151. The van der Waals surface area contributed by atoms with Crippen LogP contribution in [0.25, 0.3) is 0 Å². The fourth-order valence-corrected chi connectivity index (χ4v) is 0.523. The van der Waals surface area contributed by atoms with Crippen LogP contribution >= 0.6 is 0 Å². The number of hydrogen-bond donors (Lipinski definition) is 1. The normalized spacial score (nSPS) is 8.89. The lowest BCUT2D eigenvalue weighted by Crippen LogP contribution is -1.73. The Hall–Kier alpha value is -1.27. The van der Waals surface area contributed by atoms with Gasteiger partial charge in [0, 0.05) is 0 Å². The van der Waals surface area contributed by atoms with Crippen LogP contribution in [-0.2, 0) is 6.61 Å². The van der Waals surface area contributed by atoms with Gasteiger partial charge < -0.3 is 9.52 Å². The third kappa shape index (κ3) is 1.09. The maximum Gasteiger partial charge on any atom is 0.203 e. The van der Waals surface area contributed by atoms with Crippen molar-refractivity contribution in [2.75, 3.05) is 0 Å². The maximum atomic E-state index is 8.44. The molecule has 0 spiro atoms. The van der Waals surface area contributed by atoms with Crippen molar-refractivity contribution in [3.8, 4) is 6.07 Å². The van der Waals surface area contributed by atoms with Gasteiger partial charge in [-0.25, -0.2) is 0 Å². The van der Waals surface area contributed by atoms with E-state index >= 15 is 0 Å². The van der Waals surface area contributed by atoms with Crippen molar-refractivity contribution in [3.05, 3.63) is 23.7 Å². The van der Waals surface area contributed by atoms with Crippen molar-refractivity contribution in [2.45, 2.75) is 6.61 Å². The molecule has 1 aromatic heterocycles. The van der Waals surface area contributed by atoms with Gasteiger partial charge in [-0.3, -0.25) is 0 Å². The minimum Gasteiger partial charge on any atom is -0.448 e. The van der Waals surface area contributed by atoms with Crippen molar-refractivity contribution in [1.82, 2.24) is 0 Å². The molecule has 1 aromatic rings. The molecule has 0 amide bonds. The molecule has 0 aromatic carbocycles. The zero-order valence-corrected chi connectivity index (χ0v) is 4.66. The molecule has 0 saturated heterocycles. The molecular weight excluding hydrogens is 118 g/mol. The van der Waals surface area contributed by atoms with Gasteiger partial charge in [0.2, 0.25) is 5.76 Å². The standard InChI is InChI=1S/C6H5NO2/c7-3-5-1-2-6(4-8)9-5/h1-2,8H,4H2. The zero-order chi connectivity index (χ0) is 6.69. The summed E-state index contributed by atoms with van der Waals surface area (Å²) in [7, 11) is 0. The molecule has 0 aliphatic rings. The summed E-state index contributed by atoms with van der Waals surface area (Å²) < 4.78 is 4.77.